The van der Waals surface area contributed by atoms with Gasteiger partial charge >= 0.3 is 6.18 Å². The Morgan fingerprint density at radius 2 is 2.15 bits per heavy atom. The van der Waals surface area contributed by atoms with Gasteiger partial charge in [-0.25, -0.2) is 0 Å². The highest BCUT2D eigenvalue weighted by Gasteiger charge is 2.35. The highest BCUT2D eigenvalue weighted by molar-refractivity contribution is 7.97. The van der Waals surface area contributed by atoms with Crippen molar-refractivity contribution in [1.29, 1.82) is 0 Å². The summed E-state index contributed by atoms with van der Waals surface area (Å²) in [4.78, 5) is 0. The van der Waals surface area contributed by atoms with E-state index in [4.69, 9.17) is 0 Å². The number of aromatic nitrogens is 2. The Morgan fingerprint density at radius 1 is 1.54 bits per heavy atom. The second kappa shape index (κ2) is 3.61. The second-order valence-corrected chi connectivity index (χ2v) is 3.45. The maximum atomic E-state index is 12.2. The van der Waals surface area contributed by atoms with Crippen LogP contribution in [0.4, 0.5) is 13.2 Å². The lowest BCUT2D eigenvalue weighted by molar-refractivity contribution is -0.141. The number of thioether (sulfide) groups is 1. The van der Waals surface area contributed by atoms with E-state index in [1.165, 1.54) is 29.6 Å². The molecule has 0 N–H and O–H groups in total. The van der Waals surface area contributed by atoms with Crippen LogP contribution in [0.3, 0.4) is 0 Å². The lowest BCUT2D eigenvalue weighted by Gasteiger charge is -2.02. The molecule has 0 amide bonds. The summed E-state index contributed by atoms with van der Waals surface area (Å²) in [5.74, 6) is 0.441. The van der Waals surface area contributed by atoms with Crippen molar-refractivity contribution in [2.75, 3.05) is 6.26 Å². The van der Waals surface area contributed by atoms with Gasteiger partial charge in [0, 0.05) is 6.20 Å². The second-order valence-electron chi connectivity index (χ2n) is 2.62. The smallest absolute Gasteiger partial charge is 0.262 e. The molecule has 1 aromatic rings. The number of alkyl halides is 3. The molecule has 0 aromatic carbocycles. The standard InChI is InChI=1S/C7H9F3N2S/c1-5-3-12(4-13-2)11-6(5)7(8,9)10/h3H,4H2,1-2H3. The molecular weight excluding hydrogens is 201 g/mol. The van der Waals surface area contributed by atoms with E-state index in [2.05, 4.69) is 5.10 Å². The van der Waals surface area contributed by atoms with E-state index in [1.807, 2.05) is 6.26 Å². The molecule has 0 atom stereocenters. The van der Waals surface area contributed by atoms with Gasteiger partial charge in [0.1, 0.15) is 0 Å². The van der Waals surface area contributed by atoms with Crippen LogP contribution >= 0.6 is 11.8 Å². The molecule has 74 valence electrons. The first-order chi connectivity index (χ1) is 5.95. The van der Waals surface area contributed by atoms with Crippen LogP contribution in [-0.2, 0) is 12.1 Å². The summed E-state index contributed by atoms with van der Waals surface area (Å²) in [6, 6.07) is 0. The van der Waals surface area contributed by atoms with Crippen LogP contribution in [0.25, 0.3) is 0 Å². The van der Waals surface area contributed by atoms with Crippen molar-refractivity contribution in [3.05, 3.63) is 17.5 Å². The fraction of sp³-hybridized carbons (Fsp3) is 0.571. The van der Waals surface area contributed by atoms with Crippen LogP contribution in [0.2, 0.25) is 0 Å². The van der Waals surface area contributed by atoms with Crippen LogP contribution in [0.1, 0.15) is 11.3 Å². The predicted molar refractivity (Wildman–Crippen MR) is 45.5 cm³/mol. The number of halogens is 3. The molecule has 0 spiro atoms. The minimum atomic E-state index is -4.34. The summed E-state index contributed by atoms with van der Waals surface area (Å²) in [5, 5.41) is 3.44. The normalized spacial score (nSPS) is 12.1. The van der Waals surface area contributed by atoms with Gasteiger partial charge in [-0.1, -0.05) is 0 Å². The summed E-state index contributed by atoms with van der Waals surface area (Å²) < 4.78 is 38.0. The van der Waals surface area contributed by atoms with Crippen molar-refractivity contribution in [3.8, 4) is 0 Å². The number of aryl methyl sites for hydroxylation is 1. The van der Waals surface area contributed by atoms with Crippen molar-refractivity contribution >= 4 is 11.8 Å². The van der Waals surface area contributed by atoms with E-state index in [9.17, 15) is 13.2 Å². The summed E-state index contributed by atoms with van der Waals surface area (Å²) in [5.41, 5.74) is -0.622. The zero-order valence-electron chi connectivity index (χ0n) is 7.22. The molecule has 0 radical (unpaired) electrons. The number of hydrogen-bond acceptors (Lipinski definition) is 2. The van der Waals surface area contributed by atoms with Crippen molar-refractivity contribution in [3.63, 3.8) is 0 Å². The van der Waals surface area contributed by atoms with Crippen molar-refractivity contribution in [2.24, 2.45) is 0 Å². The fourth-order valence-corrected chi connectivity index (χ4v) is 1.40. The molecule has 1 aromatic heterocycles. The maximum absolute atomic E-state index is 12.2. The van der Waals surface area contributed by atoms with Crippen molar-refractivity contribution in [2.45, 2.75) is 19.0 Å². The average molecular weight is 210 g/mol. The van der Waals surface area contributed by atoms with Gasteiger partial charge in [0.25, 0.3) is 0 Å². The topological polar surface area (TPSA) is 17.8 Å². The SMILES string of the molecule is CSCn1cc(C)c(C(F)(F)F)n1. The fourth-order valence-electron chi connectivity index (χ4n) is 1.000. The van der Waals surface area contributed by atoms with Crippen LogP contribution in [0.15, 0.2) is 6.20 Å². The molecule has 0 aliphatic carbocycles. The Balaban J connectivity index is 2.96. The van der Waals surface area contributed by atoms with Gasteiger partial charge in [0.15, 0.2) is 5.69 Å². The first-order valence-electron chi connectivity index (χ1n) is 3.55. The lowest BCUT2D eigenvalue weighted by Crippen LogP contribution is -2.08. The Morgan fingerprint density at radius 3 is 2.54 bits per heavy atom. The molecule has 0 bridgehead atoms. The predicted octanol–water partition coefficient (Wildman–Crippen LogP) is 2.53. The molecule has 6 heteroatoms. The van der Waals surface area contributed by atoms with Gasteiger partial charge in [0.05, 0.1) is 5.88 Å². The summed E-state index contributed by atoms with van der Waals surface area (Å²) >= 11 is 1.42. The van der Waals surface area contributed by atoms with E-state index in [0.29, 0.717) is 5.88 Å². The number of rotatable bonds is 2. The molecule has 0 saturated carbocycles. The zero-order valence-corrected chi connectivity index (χ0v) is 8.04. The Bertz CT molecular complexity index is 292. The first-order valence-corrected chi connectivity index (χ1v) is 4.94. The van der Waals surface area contributed by atoms with E-state index < -0.39 is 11.9 Å². The molecule has 0 fully saturated rings. The van der Waals surface area contributed by atoms with Gasteiger partial charge < -0.3 is 0 Å². The van der Waals surface area contributed by atoms with Crippen LogP contribution in [0, 0.1) is 6.92 Å². The maximum Gasteiger partial charge on any atom is 0.435 e. The molecule has 2 nitrogen and oxygen atoms in total. The highest BCUT2D eigenvalue weighted by Crippen LogP contribution is 2.30. The largest absolute Gasteiger partial charge is 0.435 e. The minimum absolute atomic E-state index is 0.168. The van der Waals surface area contributed by atoms with Gasteiger partial charge in [-0.05, 0) is 18.7 Å². The van der Waals surface area contributed by atoms with Gasteiger partial charge in [0.2, 0.25) is 0 Å². The first kappa shape index (κ1) is 10.4. The highest BCUT2D eigenvalue weighted by atomic mass is 32.2. The van der Waals surface area contributed by atoms with E-state index in [0.717, 1.165) is 0 Å². The molecule has 0 unspecified atom stereocenters. The molecular formula is C7H9F3N2S. The van der Waals surface area contributed by atoms with Gasteiger partial charge in [-0.3, -0.25) is 4.68 Å². The Labute approximate surface area is 78.1 Å². The summed E-state index contributed by atoms with van der Waals surface area (Å²) in [7, 11) is 0. The molecule has 1 heterocycles. The molecule has 1 rings (SSSR count). The van der Waals surface area contributed by atoms with Crippen LogP contribution in [0.5, 0.6) is 0 Å². The summed E-state index contributed by atoms with van der Waals surface area (Å²) in [6.07, 6.45) is -1.13. The van der Waals surface area contributed by atoms with E-state index in [1.54, 1.807) is 0 Å². The Hall–Kier alpha value is -0.650. The molecule has 0 aliphatic heterocycles. The third-order valence-corrected chi connectivity index (χ3v) is 2.00. The third kappa shape index (κ3) is 2.40. The van der Waals surface area contributed by atoms with Gasteiger partial charge in [-0.2, -0.15) is 18.3 Å². The van der Waals surface area contributed by atoms with Crippen molar-refractivity contribution < 1.29 is 13.2 Å². The lowest BCUT2D eigenvalue weighted by atomic mass is 10.3. The molecule has 13 heavy (non-hydrogen) atoms. The van der Waals surface area contributed by atoms with Crippen LogP contribution < -0.4 is 0 Å². The number of hydrogen-bond donors (Lipinski definition) is 0. The quantitative estimate of drug-likeness (QED) is 0.746. The minimum Gasteiger partial charge on any atom is -0.262 e. The third-order valence-electron chi connectivity index (χ3n) is 1.47. The van der Waals surface area contributed by atoms with Gasteiger partial charge in [-0.15, -0.1) is 11.8 Å². The van der Waals surface area contributed by atoms with Crippen LogP contribution in [-0.4, -0.2) is 16.0 Å². The van der Waals surface area contributed by atoms with Crippen molar-refractivity contribution in [1.82, 2.24) is 9.78 Å². The Kier molecular flexibility index (Phi) is 2.90. The summed E-state index contributed by atoms with van der Waals surface area (Å²) in [6.45, 7) is 1.41. The van der Waals surface area contributed by atoms with E-state index in [-0.39, 0.29) is 5.56 Å². The average Bonchev–Trinajstić information content (AvgIpc) is 2.30. The molecule has 0 saturated heterocycles. The molecule has 0 aliphatic rings. The van der Waals surface area contributed by atoms with E-state index >= 15 is 0 Å². The number of nitrogens with zero attached hydrogens (tertiary/aromatic N) is 2. The zero-order chi connectivity index (χ0) is 10.1. The monoisotopic (exact) mass is 210 g/mol.